The topological polar surface area (TPSA) is 68.0 Å². The number of hydrogen-bond acceptors (Lipinski definition) is 3. The fraction of sp³-hybridized carbons (Fsp3) is 0.438. The van der Waals surface area contributed by atoms with Gasteiger partial charge < -0.3 is 9.94 Å². The Morgan fingerprint density at radius 2 is 1.62 bits per heavy atom. The molecule has 2 aromatic rings. The van der Waals surface area contributed by atoms with E-state index >= 15 is 0 Å². The summed E-state index contributed by atoms with van der Waals surface area (Å²) in [6.07, 6.45) is -5.14. The van der Waals surface area contributed by atoms with Gasteiger partial charge in [0.1, 0.15) is 5.52 Å². The van der Waals surface area contributed by atoms with Gasteiger partial charge in [0.2, 0.25) is 11.5 Å². The van der Waals surface area contributed by atoms with Gasteiger partial charge in [-0.15, -0.1) is 0 Å². The molecule has 2 rings (SSSR count). The monoisotopic (exact) mass is 342 g/mol. The normalized spacial score (nSPS) is 12.7. The van der Waals surface area contributed by atoms with Gasteiger partial charge in [-0.1, -0.05) is 20.8 Å². The van der Waals surface area contributed by atoms with Gasteiger partial charge in [-0.2, -0.15) is 13.2 Å². The smallest absolute Gasteiger partial charge is 0.438 e. The summed E-state index contributed by atoms with van der Waals surface area (Å²) in [5.74, 6) is -1.05. The lowest BCUT2D eigenvalue weighted by Crippen LogP contribution is -2.38. The third kappa shape index (κ3) is 2.76. The lowest BCUT2D eigenvalue weighted by molar-refractivity contribution is -0.470. The van der Waals surface area contributed by atoms with Crippen LogP contribution in [0.2, 0.25) is 0 Å². The molecule has 1 aromatic carbocycles. The van der Waals surface area contributed by atoms with Gasteiger partial charge in [-0.05, 0) is 31.0 Å². The first-order chi connectivity index (χ1) is 10.8. The Kier molecular flexibility index (Phi) is 3.98. The van der Waals surface area contributed by atoms with Gasteiger partial charge in [0.05, 0.1) is 4.43 Å². The van der Waals surface area contributed by atoms with Crippen molar-refractivity contribution in [3.8, 4) is 0 Å². The number of aromatic nitrogens is 2. The van der Waals surface area contributed by atoms with Crippen LogP contribution in [0, 0.1) is 29.4 Å². The molecule has 0 amide bonds. The van der Waals surface area contributed by atoms with Crippen molar-refractivity contribution in [2.75, 3.05) is 0 Å². The average molecular weight is 342 g/mol. The number of carbonyl (C=O) groups is 1. The number of rotatable bonds is 1. The average Bonchev–Trinajstić information content (AvgIpc) is 2.41. The Balaban J connectivity index is 3.11. The number of alkyl halides is 3. The lowest BCUT2D eigenvalue weighted by Gasteiger charge is -2.22. The maximum absolute atomic E-state index is 13.4. The summed E-state index contributed by atoms with van der Waals surface area (Å²) in [6, 6.07) is 2.53. The second-order valence-corrected chi connectivity index (χ2v) is 6.79. The van der Waals surface area contributed by atoms with Crippen LogP contribution in [0.4, 0.5) is 13.2 Å². The number of carbonyl (C=O) groups excluding carboxylic acids is 1. The summed E-state index contributed by atoms with van der Waals surface area (Å²) >= 11 is 0. The van der Waals surface area contributed by atoms with Crippen LogP contribution in [0.3, 0.4) is 0 Å². The zero-order valence-electron chi connectivity index (χ0n) is 13.9. The van der Waals surface area contributed by atoms with Crippen LogP contribution >= 0.6 is 0 Å². The quantitative estimate of drug-likeness (QED) is 0.585. The van der Waals surface area contributed by atoms with Crippen LogP contribution < -0.4 is 4.43 Å². The number of halogens is 3. The molecule has 0 saturated heterocycles. The van der Waals surface area contributed by atoms with Crippen LogP contribution in [0.1, 0.15) is 48.1 Å². The molecule has 0 saturated carbocycles. The molecule has 0 aliphatic heterocycles. The summed E-state index contributed by atoms with van der Waals surface area (Å²) < 4.78 is 39.8. The SMILES string of the molecule is Cc1cc2c(cc1C)[n+](=O)c(C(=O)C(C)(C)C)c(C(F)(F)F)n2[O-]. The second kappa shape index (κ2) is 5.32. The van der Waals surface area contributed by atoms with E-state index in [1.807, 2.05) is 0 Å². The molecule has 0 fully saturated rings. The number of hydrogen-bond donors (Lipinski definition) is 0. The summed E-state index contributed by atoms with van der Waals surface area (Å²) in [4.78, 5) is 25.0. The Bertz CT molecular complexity index is 906. The van der Waals surface area contributed by atoms with Gasteiger partial charge in [-0.3, -0.25) is 4.79 Å². The molecular weight excluding hydrogens is 325 g/mol. The second-order valence-electron chi connectivity index (χ2n) is 6.79. The lowest BCUT2D eigenvalue weighted by atomic mass is 9.88. The first-order valence-electron chi connectivity index (χ1n) is 7.19. The van der Waals surface area contributed by atoms with Gasteiger partial charge in [0.15, 0.2) is 0 Å². The number of nitrogens with zero attached hydrogens (tertiary/aromatic N) is 2. The highest BCUT2D eigenvalue weighted by Gasteiger charge is 2.47. The van der Waals surface area contributed by atoms with Crippen molar-refractivity contribution in [2.45, 2.75) is 40.8 Å². The van der Waals surface area contributed by atoms with E-state index in [4.69, 9.17) is 0 Å². The summed E-state index contributed by atoms with van der Waals surface area (Å²) in [5, 5.41) is 12.3. The fourth-order valence-corrected chi connectivity index (χ4v) is 2.35. The summed E-state index contributed by atoms with van der Waals surface area (Å²) in [5.41, 5.74) is -3.73. The van der Waals surface area contributed by atoms with Gasteiger partial charge in [0, 0.05) is 16.4 Å². The molecule has 0 aliphatic carbocycles. The Morgan fingerprint density at radius 3 is 2.08 bits per heavy atom. The van der Waals surface area contributed by atoms with E-state index in [1.165, 1.54) is 32.9 Å². The van der Waals surface area contributed by atoms with Crippen molar-refractivity contribution in [1.82, 2.24) is 4.73 Å². The van der Waals surface area contributed by atoms with Crippen LogP contribution in [-0.4, -0.2) is 10.5 Å². The van der Waals surface area contributed by atoms with E-state index in [1.54, 1.807) is 13.8 Å². The minimum atomic E-state index is -5.14. The molecular formula is C16H17F3N2O3. The summed E-state index contributed by atoms with van der Waals surface area (Å²) in [6.45, 7) is 7.43. The third-order valence-electron chi connectivity index (χ3n) is 3.82. The summed E-state index contributed by atoms with van der Waals surface area (Å²) in [7, 11) is 0. The Morgan fingerprint density at radius 1 is 1.12 bits per heavy atom. The third-order valence-corrected chi connectivity index (χ3v) is 3.82. The molecule has 0 aliphatic rings. The predicted octanol–water partition coefficient (Wildman–Crippen LogP) is 3.77. The van der Waals surface area contributed by atoms with Gasteiger partial charge >= 0.3 is 11.9 Å². The number of ketones is 1. The highest BCUT2D eigenvalue weighted by atomic mass is 19.4. The van der Waals surface area contributed by atoms with Crippen molar-refractivity contribution < 1.29 is 22.4 Å². The standard InChI is InChI=1S/C16H17F3N2O3/c1-8-6-10-11(7-9(8)2)21(24)13(16(17,18)19)12(20(10)23)14(22)15(3,4)5/h6-7H,1-5H3. The molecule has 0 radical (unpaired) electrons. The molecule has 0 unspecified atom stereocenters. The highest BCUT2D eigenvalue weighted by molar-refractivity contribution is 5.98. The number of fused-ring (bicyclic) bond motifs is 1. The zero-order chi connectivity index (χ0) is 18.6. The van der Waals surface area contributed by atoms with Crippen LogP contribution in [-0.2, 0) is 6.18 Å². The molecule has 1 aromatic heterocycles. The first kappa shape index (κ1) is 18.0. The number of aryl methyl sites for hydroxylation is 2. The zero-order valence-corrected chi connectivity index (χ0v) is 13.9. The van der Waals surface area contributed by atoms with E-state index < -0.39 is 34.3 Å². The minimum Gasteiger partial charge on any atom is -0.805 e. The van der Waals surface area contributed by atoms with E-state index in [9.17, 15) is 28.1 Å². The van der Waals surface area contributed by atoms with E-state index in [0.29, 0.717) is 11.1 Å². The van der Waals surface area contributed by atoms with Crippen molar-refractivity contribution in [3.05, 3.63) is 44.8 Å². The molecule has 0 N–H and O–H groups in total. The molecule has 0 bridgehead atoms. The Labute approximate surface area is 135 Å². The maximum Gasteiger partial charge on any atom is 0.438 e. The number of benzene rings is 1. The molecule has 24 heavy (non-hydrogen) atoms. The van der Waals surface area contributed by atoms with Crippen LogP contribution in [0.15, 0.2) is 12.1 Å². The van der Waals surface area contributed by atoms with Gasteiger partial charge in [-0.25, -0.2) is 0 Å². The highest BCUT2D eigenvalue weighted by Crippen LogP contribution is 2.35. The first-order valence-corrected chi connectivity index (χ1v) is 7.19. The molecule has 1 heterocycles. The van der Waals surface area contributed by atoms with Crippen molar-refractivity contribution in [3.63, 3.8) is 0 Å². The molecule has 0 atom stereocenters. The largest absolute Gasteiger partial charge is 0.805 e. The molecule has 0 spiro atoms. The van der Waals surface area contributed by atoms with Crippen molar-refractivity contribution in [2.24, 2.45) is 5.41 Å². The van der Waals surface area contributed by atoms with E-state index in [0.717, 1.165) is 0 Å². The van der Waals surface area contributed by atoms with E-state index in [-0.39, 0.29) is 14.7 Å². The van der Waals surface area contributed by atoms with Gasteiger partial charge in [0.25, 0.3) is 5.52 Å². The van der Waals surface area contributed by atoms with Crippen LogP contribution in [0.5, 0.6) is 0 Å². The Hall–Kier alpha value is -2.38. The van der Waals surface area contributed by atoms with Crippen molar-refractivity contribution in [1.29, 1.82) is 0 Å². The van der Waals surface area contributed by atoms with E-state index in [2.05, 4.69) is 0 Å². The predicted molar refractivity (Wildman–Crippen MR) is 82.3 cm³/mol. The van der Waals surface area contributed by atoms with Crippen LogP contribution in [0.25, 0.3) is 11.0 Å². The fourth-order valence-electron chi connectivity index (χ4n) is 2.35. The van der Waals surface area contributed by atoms with Crippen molar-refractivity contribution >= 4 is 16.8 Å². The molecule has 130 valence electrons. The number of Topliss-reactive ketones (excluding diaryl/α,β-unsaturated/α-hetero) is 1. The minimum absolute atomic E-state index is 0.0768. The maximum atomic E-state index is 13.4. The molecule has 8 heteroatoms. The molecule has 5 nitrogen and oxygen atoms in total.